The van der Waals surface area contributed by atoms with Gasteiger partial charge in [-0.3, -0.25) is 0 Å². The number of rotatable bonds is 5. The van der Waals surface area contributed by atoms with E-state index in [4.69, 9.17) is 17.3 Å². The van der Waals surface area contributed by atoms with E-state index in [9.17, 15) is 4.39 Å². The fourth-order valence-corrected chi connectivity index (χ4v) is 1.42. The Morgan fingerprint density at radius 2 is 2.19 bits per heavy atom. The van der Waals surface area contributed by atoms with Gasteiger partial charge in [0.15, 0.2) is 0 Å². The molecule has 90 valence electrons. The summed E-state index contributed by atoms with van der Waals surface area (Å²) in [6.07, 6.45) is 0. The van der Waals surface area contributed by atoms with Gasteiger partial charge in [0.2, 0.25) is 0 Å². The average molecular weight is 246 g/mol. The van der Waals surface area contributed by atoms with E-state index >= 15 is 0 Å². The van der Waals surface area contributed by atoms with Crippen LogP contribution < -0.4 is 11.1 Å². The number of hydrogen-bond donors (Lipinski definition) is 2. The highest BCUT2D eigenvalue weighted by molar-refractivity contribution is 6.31. The average Bonchev–Trinajstić information content (AvgIpc) is 2.25. The molecular weight excluding hydrogens is 229 g/mol. The van der Waals surface area contributed by atoms with Crippen LogP contribution in [0.1, 0.15) is 6.92 Å². The van der Waals surface area contributed by atoms with Crippen molar-refractivity contribution in [1.29, 1.82) is 0 Å². The second-order valence-corrected chi connectivity index (χ2v) is 4.08. The summed E-state index contributed by atoms with van der Waals surface area (Å²) in [6.45, 7) is 4.71. The first kappa shape index (κ1) is 13.1. The Morgan fingerprint density at radius 3 is 2.81 bits per heavy atom. The van der Waals surface area contributed by atoms with Crippen molar-refractivity contribution in [3.8, 4) is 0 Å². The minimum Gasteiger partial charge on any atom is -0.397 e. The maximum absolute atomic E-state index is 13.0. The SMILES string of the molecule is CCN(C)CCNc1cc(Cl)c(F)cc1N. The van der Waals surface area contributed by atoms with E-state index in [1.165, 1.54) is 12.1 Å². The van der Waals surface area contributed by atoms with Gasteiger partial charge in [0.1, 0.15) is 5.82 Å². The molecule has 0 aliphatic rings. The van der Waals surface area contributed by atoms with Gasteiger partial charge in [0.05, 0.1) is 16.4 Å². The van der Waals surface area contributed by atoms with Crippen molar-refractivity contribution in [2.45, 2.75) is 6.92 Å². The first-order valence-corrected chi connectivity index (χ1v) is 5.59. The lowest BCUT2D eigenvalue weighted by atomic mass is 10.2. The summed E-state index contributed by atoms with van der Waals surface area (Å²) in [5.74, 6) is -0.490. The van der Waals surface area contributed by atoms with Gasteiger partial charge < -0.3 is 16.0 Å². The summed E-state index contributed by atoms with van der Waals surface area (Å²) >= 11 is 5.67. The number of nitrogens with one attached hydrogen (secondary N) is 1. The molecule has 5 heteroatoms. The van der Waals surface area contributed by atoms with Gasteiger partial charge in [-0.25, -0.2) is 4.39 Å². The summed E-state index contributed by atoms with van der Waals surface area (Å²) in [5.41, 5.74) is 6.72. The molecule has 0 aliphatic carbocycles. The summed E-state index contributed by atoms with van der Waals surface area (Å²) in [7, 11) is 2.03. The maximum atomic E-state index is 13.0. The second-order valence-electron chi connectivity index (χ2n) is 3.68. The molecule has 0 atom stereocenters. The van der Waals surface area contributed by atoms with Crippen molar-refractivity contribution in [2.24, 2.45) is 0 Å². The van der Waals surface area contributed by atoms with Gasteiger partial charge in [0, 0.05) is 19.2 Å². The van der Waals surface area contributed by atoms with Crippen molar-refractivity contribution in [3.63, 3.8) is 0 Å². The predicted octanol–water partition coefficient (Wildman–Crippen LogP) is 2.42. The topological polar surface area (TPSA) is 41.3 Å². The molecule has 0 fully saturated rings. The quantitative estimate of drug-likeness (QED) is 0.783. The lowest BCUT2D eigenvalue weighted by Crippen LogP contribution is -2.24. The molecule has 0 spiro atoms. The predicted molar refractivity (Wildman–Crippen MR) is 67.5 cm³/mol. The number of benzene rings is 1. The minimum absolute atomic E-state index is 0.0838. The number of nitrogen functional groups attached to an aromatic ring is 1. The molecule has 1 aromatic carbocycles. The Kier molecular flexibility index (Phi) is 4.83. The fraction of sp³-hybridized carbons (Fsp3) is 0.455. The summed E-state index contributed by atoms with van der Waals surface area (Å²) < 4.78 is 13.0. The molecule has 1 rings (SSSR count). The highest BCUT2D eigenvalue weighted by atomic mass is 35.5. The monoisotopic (exact) mass is 245 g/mol. The van der Waals surface area contributed by atoms with Gasteiger partial charge in [-0.05, 0) is 19.7 Å². The number of likely N-dealkylation sites (N-methyl/N-ethyl adjacent to an activating group) is 1. The molecule has 16 heavy (non-hydrogen) atoms. The van der Waals surface area contributed by atoms with Crippen LogP contribution in [-0.2, 0) is 0 Å². The van der Waals surface area contributed by atoms with Crippen molar-refractivity contribution in [2.75, 3.05) is 37.7 Å². The zero-order valence-electron chi connectivity index (χ0n) is 9.56. The molecule has 0 saturated carbocycles. The van der Waals surface area contributed by atoms with Crippen LogP contribution in [0, 0.1) is 5.82 Å². The highest BCUT2D eigenvalue weighted by Crippen LogP contribution is 2.25. The third-order valence-electron chi connectivity index (χ3n) is 2.44. The van der Waals surface area contributed by atoms with Crippen LogP contribution in [0.5, 0.6) is 0 Å². The Balaban J connectivity index is 2.57. The second kappa shape index (κ2) is 5.92. The van der Waals surface area contributed by atoms with Crippen LogP contribution in [0.15, 0.2) is 12.1 Å². The molecule has 0 aliphatic heterocycles. The minimum atomic E-state index is -0.490. The molecule has 1 aromatic rings. The molecule has 0 amide bonds. The molecule has 0 aromatic heterocycles. The van der Waals surface area contributed by atoms with Gasteiger partial charge in [-0.15, -0.1) is 0 Å². The van der Waals surface area contributed by atoms with Crippen molar-refractivity contribution >= 4 is 23.0 Å². The standard InChI is InChI=1S/C11H17ClFN3/c1-3-16(2)5-4-15-11-6-8(12)9(13)7-10(11)14/h6-7,15H,3-5,14H2,1-2H3. The maximum Gasteiger partial charge on any atom is 0.143 e. The van der Waals surface area contributed by atoms with Crippen LogP contribution >= 0.6 is 11.6 Å². The molecular formula is C11H17ClFN3. The van der Waals surface area contributed by atoms with Gasteiger partial charge in [-0.1, -0.05) is 18.5 Å². The molecule has 0 radical (unpaired) electrons. The van der Waals surface area contributed by atoms with E-state index in [0.717, 1.165) is 19.6 Å². The largest absolute Gasteiger partial charge is 0.397 e. The number of nitrogens with zero attached hydrogens (tertiary/aromatic N) is 1. The van der Waals surface area contributed by atoms with Gasteiger partial charge in [0.25, 0.3) is 0 Å². The van der Waals surface area contributed by atoms with E-state index in [-0.39, 0.29) is 5.02 Å². The van der Waals surface area contributed by atoms with Gasteiger partial charge >= 0.3 is 0 Å². The Morgan fingerprint density at radius 1 is 1.50 bits per heavy atom. The Hall–Kier alpha value is -1.00. The Labute approximate surface area is 100 Å². The third-order valence-corrected chi connectivity index (χ3v) is 2.73. The van der Waals surface area contributed by atoms with E-state index in [0.29, 0.717) is 11.4 Å². The van der Waals surface area contributed by atoms with E-state index in [1.807, 2.05) is 7.05 Å². The molecule has 3 N–H and O–H groups in total. The fourth-order valence-electron chi connectivity index (χ4n) is 1.25. The molecule has 0 saturated heterocycles. The van der Waals surface area contributed by atoms with Crippen molar-refractivity contribution in [1.82, 2.24) is 4.90 Å². The molecule has 0 heterocycles. The molecule has 3 nitrogen and oxygen atoms in total. The van der Waals surface area contributed by atoms with E-state index in [1.54, 1.807) is 0 Å². The van der Waals surface area contributed by atoms with Gasteiger partial charge in [-0.2, -0.15) is 0 Å². The van der Waals surface area contributed by atoms with Crippen LogP contribution in [0.3, 0.4) is 0 Å². The number of nitrogens with two attached hydrogens (primary N) is 1. The van der Waals surface area contributed by atoms with Crippen molar-refractivity contribution < 1.29 is 4.39 Å². The lowest BCUT2D eigenvalue weighted by Gasteiger charge is -2.15. The van der Waals surface area contributed by atoms with Crippen LogP contribution in [0.2, 0.25) is 5.02 Å². The van der Waals surface area contributed by atoms with Crippen LogP contribution in [0.25, 0.3) is 0 Å². The number of halogens is 2. The number of hydrogen-bond acceptors (Lipinski definition) is 3. The molecule has 0 bridgehead atoms. The summed E-state index contributed by atoms with van der Waals surface area (Å²) in [6, 6.07) is 2.74. The normalized spacial score (nSPS) is 10.8. The first-order chi connectivity index (χ1) is 7.54. The van der Waals surface area contributed by atoms with Crippen LogP contribution in [-0.4, -0.2) is 31.6 Å². The summed E-state index contributed by atoms with van der Waals surface area (Å²) in [4.78, 5) is 2.16. The zero-order chi connectivity index (χ0) is 12.1. The highest BCUT2D eigenvalue weighted by Gasteiger charge is 2.05. The smallest absolute Gasteiger partial charge is 0.143 e. The Bertz CT molecular complexity index is 357. The molecule has 0 unspecified atom stereocenters. The summed E-state index contributed by atoms with van der Waals surface area (Å²) in [5, 5.41) is 3.21. The lowest BCUT2D eigenvalue weighted by molar-refractivity contribution is 0.367. The number of anilines is 2. The first-order valence-electron chi connectivity index (χ1n) is 5.21. The van der Waals surface area contributed by atoms with E-state index < -0.39 is 5.82 Å². The van der Waals surface area contributed by atoms with Crippen molar-refractivity contribution in [3.05, 3.63) is 23.0 Å². The third kappa shape index (κ3) is 3.54. The van der Waals surface area contributed by atoms with Crippen LogP contribution in [0.4, 0.5) is 15.8 Å². The zero-order valence-corrected chi connectivity index (χ0v) is 10.3. The van der Waals surface area contributed by atoms with E-state index in [2.05, 4.69) is 17.1 Å².